The van der Waals surface area contributed by atoms with E-state index in [1.165, 1.54) is 27.9 Å². The summed E-state index contributed by atoms with van der Waals surface area (Å²) in [5.41, 5.74) is 6.71. The molecule has 0 spiro atoms. The lowest BCUT2D eigenvalue weighted by Crippen LogP contribution is -2.64. The van der Waals surface area contributed by atoms with Gasteiger partial charge in [0.1, 0.15) is 0 Å². The van der Waals surface area contributed by atoms with Crippen molar-refractivity contribution in [3.05, 3.63) is 46.1 Å². The Morgan fingerprint density at radius 2 is 1.50 bits per heavy atom. The molecule has 1 fully saturated rings. The van der Waals surface area contributed by atoms with Gasteiger partial charge in [0.05, 0.1) is 11.2 Å². The van der Waals surface area contributed by atoms with Crippen LogP contribution in [-0.4, -0.2) is 11.2 Å². The van der Waals surface area contributed by atoms with Crippen molar-refractivity contribution in [3.63, 3.8) is 0 Å². The first-order valence-corrected chi connectivity index (χ1v) is 8.40. The molecule has 1 heterocycles. The highest BCUT2D eigenvalue weighted by Gasteiger charge is 2.64. The molecule has 1 heteroatoms. The molecule has 1 saturated heterocycles. The molecule has 1 nitrogen and oxygen atoms in total. The van der Waals surface area contributed by atoms with Crippen LogP contribution >= 0.6 is 0 Å². The number of rotatable bonds is 0. The molecule has 0 aromatic carbocycles. The van der Waals surface area contributed by atoms with Gasteiger partial charge in [-0.3, -0.25) is 0 Å². The molecule has 2 aliphatic carbocycles. The molecular weight excluding hydrogens is 268 g/mol. The van der Waals surface area contributed by atoms with E-state index in [1.54, 1.807) is 0 Å². The van der Waals surface area contributed by atoms with E-state index in [0.29, 0.717) is 0 Å². The number of hydrogen-bond donors (Lipinski definition) is 0. The lowest BCUT2D eigenvalue weighted by molar-refractivity contribution is -0.223. The first-order chi connectivity index (χ1) is 9.88. The molecule has 0 bridgehead atoms. The summed E-state index contributed by atoms with van der Waals surface area (Å²) in [5, 5.41) is 0. The Morgan fingerprint density at radius 1 is 0.909 bits per heavy atom. The van der Waals surface area contributed by atoms with E-state index in [1.807, 2.05) is 0 Å². The zero-order chi connectivity index (χ0) is 16.7. The van der Waals surface area contributed by atoms with Crippen LogP contribution in [0.5, 0.6) is 0 Å². The van der Waals surface area contributed by atoms with Crippen LogP contribution in [-0.2, 0) is 4.74 Å². The van der Waals surface area contributed by atoms with Crippen molar-refractivity contribution in [2.75, 3.05) is 0 Å². The predicted molar refractivity (Wildman–Crippen MR) is 93.8 cm³/mol. The predicted octanol–water partition coefficient (Wildman–Crippen LogP) is 5.75. The Bertz CT molecular complexity index is 677. The van der Waals surface area contributed by atoms with E-state index >= 15 is 0 Å². The standard InChI is InChI=1S/C21H30O/c1-13-14(2)21(9)17(16-12-10-11-15(13)16)18(3,4)22-20(7,8)19(21,5)6/h10-12H,1-9H3. The average Bonchev–Trinajstić information content (AvgIpc) is 2.81. The van der Waals surface area contributed by atoms with Crippen LogP contribution in [0.15, 0.2) is 46.1 Å². The second kappa shape index (κ2) is 4.06. The molecule has 120 valence electrons. The maximum absolute atomic E-state index is 6.66. The Labute approximate surface area is 135 Å². The van der Waals surface area contributed by atoms with E-state index in [-0.39, 0.29) is 22.0 Å². The summed E-state index contributed by atoms with van der Waals surface area (Å²) in [7, 11) is 0. The van der Waals surface area contributed by atoms with Gasteiger partial charge in [-0.2, -0.15) is 0 Å². The van der Waals surface area contributed by atoms with Crippen molar-refractivity contribution in [1.29, 1.82) is 0 Å². The lowest BCUT2D eigenvalue weighted by atomic mass is 9.46. The highest BCUT2D eigenvalue weighted by atomic mass is 16.5. The van der Waals surface area contributed by atoms with Crippen molar-refractivity contribution in [1.82, 2.24) is 0 Å². The van der Waals surface area contributed by atoms with Crippen LogP contribution in [0.2, 0.25) is 0 Å². The van der Waals surface area contributed by atoms with Gasteiger partial charge in [0, 0.05) is 10.8 Å². The van der Waals surface area contributed by atoms with Crippen LogP contribution in [0.1, 0.15) is 62.3 Å². The summed E-state index contributed by atoms with van der Waals surface area (Å²) in [4.78, 5) is 0. The van der Waals surface area contributed by atoms with Crippen molar-refractivity contribution < 1.29 is 4.74 Å². The third-order valence-corrected chi connectivity index (χ3v) is 7.17. The summed E-state index contributed by atoms with van der Waals surface area (Å²) >= 11 is 0. The zero-order valence-electron chi connectivity index (χ0n) is 15.6. The van der Waals surface area contributed by atoms with Crippen molar-refractivity contribution >= 4 is 0 Å². The summed E-state index contributed by atoms with van der Waals surface area (Å²) in [6.45, 7) is 20.7. The minimum atomic E-state index is -0.265. The minimum absolute atomic E-state index is 0.00366. The Kier molecular flexibility index (Phi) is 2.91. The van der Waals surface area contributed by atoms with Gasteiger partial charge in [-0.05, 0) is 63.8 Å². The van der Waals surface area contributed by atoms with Gasteiger partial charge in [0.15, 0.2) is 0 Å². The van der Waals surface area contributed by atoms with Gasteiger partial charge >= 0.3 is 0 Å². The Morgan fingerprint density at radius 3 is 2.09 bits per heavy atom. The average molecular weight is 298 g/mol. The van der Waals surface area contributed by atoms with E-state index in [4.69, 9.17) is 4.74 Å². The van der Waals surface area contributed by atoms with Crippen LogP contribution in [0, 0.1) is 10.8 Å². The zero-order valence-corrected chi connectivity index (χ0v) is 15.6. The summed E-state index contributed by atoms with van der Waals surface area (Å²) < 4.78 is 6.66. The molecule has 0 radical (unpaired) electrons. The quantitative estimate of drug-likeness (QED) is 0.553. The van der Waals surface area contributed by atoms with E-state index in [0.717, 1.165) is 0 Å². The molecule has 1 atom stereocenters. The van der Waals surface area contributed by atoms with Gasteiger partial charge in [-0.25, -0.2) is 0 Å². The molecule has 0 aromatic heterocycles. The molecule has 1 aliphatic heterocycles. The summed E-state index contributed by atoms with van der Waals surface area (Å²) in [6.07, 6.45) is 6.71. The lowest BCUT2D eigenvalue weighted by Gasteiger charge is -2.65. The molecule has 3 rings (SSSR count). The third-order valence-electron chi connectivity index (χ3n) is 7.17. The molecule has 0 amide bonds. The smallest absolute Gasteiger partial charge is 0.0860 e. The second-order valence-corrected chi connectivity index (χ2v) is 8.85. The maximum Gasteiger partial charge on any atom is 0.0860 e. The summed E-state index contributed by atoms with van der Waals surface area (Å²) in [6, 6.07) is 0. The van der Waals surface area contributed by atoms with Gasteiger partial charge in [-0.15, -0.1) is 0 Å². The van der Waals surface area contributed by atoms with E-state index < -0.39 is 0 Å². The molecule has 0 saturated carbocycles. The van der Waals surface area contributed by atoms with Gasteiger partial charge < -0.3 is 4.74 Å². The highest BCUT2D eigenvalue weighted by molar-refractivity contribution is 5.68. The van der Waals surface area contributed by atoms with E-state index in [9.17, 15) is 0 Å². The second-order valence-electron chi connectivity index (χ2n) is 8.85. The molecule has 0 aromatic rings. The van der Waals surface area contributed by atoms with Crippen molar-refractivity contribution in [3.8, 4) is 0 Å². The Hall–Kier alpha value is -1.08. The van der Waals surface area contributed by atoms with Crippen LogP contribution < -0.4 is 0 Å². The fraction of sp³-hybridized carbons (Fsp3) is 0.619. The monoisotopic (exact) mass is 298 g/mol. The minimum Gasteiger partial charge on any atom is -0.365 e. The molecule has 22 heavy (non-hydrogen) atoms. The van der Waals surface area contributed by atoms with Crippen molar-refractivity contribution in [2.45, 2.75) is 73.5 Å². The summed E-state index contributed by atoms with van der Waals surface area (Å²) in [5.74, 6) is 0. The van der Waals surface area contributed by atoms with Gasteiger partial charge in [0.2, 0.25) is 0 Å². The number of allylic oxidation sites excluding steroid dienone is 7. The fourth-order valence-corrected chi connectivity index (χ4v) is 5.13. The number of hydrogen-bond acceptors (Lipinski definition) is 1. The topological polar surface area (TPSA) is 9.23 Å². The van der Waals surface area contributed by atoms with E-state index in [2.05, 4.69) is 80.5 Å². The van der Waals surface area contributed by atoms with Crippen molar-refractivity contribution in [2.24, 2.45) is 10.8 Å². The first kappa shape index (κ1) is 15.8. The molecule has 0 N–H and O–H groups in total. The Balaban J connectivity index is 2.43. The SMILES string of the molecule is CC1=C(C)C2(C)C(=C3C=CC=C13)C(C)(C)OC(C)(C)C2(C)C. The highest BCUT2D eigenvalue weighted by Crippen LogP contribution is 2.67. The molecule has 1 unspecified atom stereocenters. The molecular formula is C21H30O. The van der Waals surface area contributed by atoms with Crippen LogP contribution in [0.25, 0.3) is 0 Å². The van der Waals surface area contributed by atoms with Crippen LogP contribution in [0.3, 0.4) is 0 Å². The fourth-order valence-electron chi connectivity index (χ4n) is 5.13. The number of ether oxygens (including phenoxy) is 1. The third kappa shape index (κ3) is 1.53. The van der Waals surface area contributed by atoms with Gasteiger partial charge in [0.25, 0.3) is 0 Å². The molecule has 3 aliphatic rings. The number of fused-ring (bicyclic) bond motifs is 2. The van der Waals surface area contributed by atoms with Crippen LogP contribution in [0.4, 0.5) is 0 Å². The normalized spacial score (nSPS) is 34.5. The van der Waals surface area contributed by atoms with Gasteiger partial charge in [-0.1, -0.05) is 44.6 Å². The maximum atomic E-state index is 6.66. The first-order valence-electron chi connectivity index (χ1n) is 8.40. The largest absolute Gasteiger partial charge is 0.365 e.